The summed E-state index contributed by atoms with van der Waals surface area (Å²) in [5, 5.41) is 9.08. The van der Waals surface area contributed by atoms with Gasteiger partial charge >= 0.3 is 0 Å². The Bertz CT molecular complexity index is 471. The lowest BCUT2D eigenvalue weighted by Crippen LogP contribution is -2.46. The van der Waals surface area contributed by atoms with E-state index >= 15 is 0 Å². The molecule has 104 valence electrons. The molecule has 0 aromatic carbocycles. The van der Waals surface area contributed by atoms with Gasteiger partial charge in [-0.2, -0.15) is 5.10 Å². The largest absolute Gasteiger partial charge is 0.382 e. The number of anilines is 1. The summed E-state index contributed by atoms with van der Waals surface area (Å²) in [6.45, 7) is 4.94. The van der Waals surface area contributed by atoms with Gasteiger partial charge in [0.15, 0.2) is 5.82 Å². The molecule has 1 unspecified atom stereocenters. The third kappa shape index (κ3) is 2.69. The minimum absolute atomic E-state index is 0.0504. The number of aryl methyl sites for hydroxylation is 1. The van der Waals surface area contributed by atoms with Gasteiger partial charge in [0.25, 0.3) is 5.91 Å². The van der Waals surface area contributed by atoms with E-state index in [4.69, 9.17) is 5.73 Å². The van der Waals surface area contributed by atoms with E-state index in [1.165, 1.54) is 0 Å². The van der Waals surface area contributed by atoms with Crippen molar-refractivity contribution in [2.75, 3.05) is 18.8 Å². The van der Waals surface area contributed by atoms with E-state index in [0.717, 1.165) is 25.9 Å². The standard InChI is InChI=1S/C12H19N5O2/c1-7-9(10(13)16-15-7)11(18)14-8(2)12(19)17-5-3-4-6-17/h8H,3-6H2,1-2H3,(H,14,18)(H3,13,15,16). The van der Waals surface area contributed by atoms with Crippen LogP contribution in [0.1, 0.15) is 35.8 Å². The van der Waals surface area contributed by atoms with E-state index in [0.29, 0.717) is 11.3 Å². The third-order valence-corrected chi connectivity index (χ3v) is 3.34. The Hall–Kier alpha value is -2.05. The first-order valence-electron chi connectivity index (χ1n) is 6.40. The fourth-order valence-corrected chi connectivity index (χ4v) is 2.28. The Morgan fingerprint density at radius 3 is 2.58 bits per heavy atom. The molecular weight excluding hydrogens is 246 g/mol. The van der Waals surface area contributed by atoms with Crippen LogP contribution in [0.2, 0.25) is 0 Å². The molecule has 4 N–H and O–H groups in total. The average Bonchev–Trinajstić information content (AvgIpc) is 2.98. The minimum atomic E-state index is -0.556. The van der Waals surface area contributed by atoms with Gasteiger partial charge in [-0.1, -0.05) is 0 Å². The van der Waals surface area contributed by atoms with Crippen LogP contribution in [0.3, 0.4) is 0 Å². The second-order valence-corrected chi connectivity index (χ2v) is 4.84. The Labute approximate surface area is 111 Å². The van der Waals surface area contributed by atoms with Gasteiger partial charge in [0, 0.05) is 18.8 Å². The number of hydrogen-bond acceptors (Lipinski definition) is 4. The Kier molecular flexibility index (Phi) is 3.73. The number of hydrogen-bond donors (Lipinski definition) is 3. The van der Waals surface area contributed by atoms with Crippen molar-refractivity contribution in [2.24, 2.45) is 0 Å². The second kappa shape index (κ2) is 5.29. The number of likely N-dealkylation sites (tertiary alicyclic amines) is 1. The van der Waals surface area contributed by atoms with Crippen LogP contribution < -0.4 is 11.1 Å². The first kappa shape index (κ1) is 13.4. The molecule has 1 aromatic rings. The van der Waals surface area contributed by atoms with E-state index in [-0.39, 0.29) is 17.6 Å². The highest BCUT2D eigenvalue weighted by Crippen LogP contribution is 2.13. The zero-order valence-electron chi connectivity index (χ0n) is 11.2. The lowest BCUT2D eigenvalue weighted by atomic mass is 10.2. The van der Waals surface area contributed by atoms with E-state index in [9.17, 15) is 9.59 Å². The number of nitrogens with two attached hydrogens (primary N) is 1. The van der Waals surface area contributed by atoms with Gasteiger partial charge < -0.3 is 16.0 Å². The van der Waals surface area contributed by atoms with E-state index in [1.54, 1.807) is 18.7 Å². The molecular formula is C12H19N5O2. The van der Waals surface area contributed by atoms with Crippen LogP contribution in [-0.4, -0.2) is 46.0 Å². The van der Waals surface area contributed by atoms with Gasteiger partial charge in [-0.3, -0.25) is 14.7 Å². The first-order valence-corrected chi connectivity index (χ1v) is 6.40. The maximum absolute atomic E-state index is 12.1. The molecule has 1 aromatic heterocycles. The quantitative estimate of drug-likeness (QED) is 0.717. The normalized spacial score (nSPS) is 16.4. The summed E-state index contributed by atoms with van der Waals surface area (Å²) in [5.41, 5.74) is 6.52. The van der Waals surface area contributed by atoms with Crippen molar-refractivity contribution >= 4 is 17.6 Å². The maximum atomic E-state index is 12.1. The molecule has 7 nitrogen and oxygen atoms in total. The molecule has 7 heteroatoms. The number of carbonyl (C=O) groups excluding carboxylic acids is 2. The van der Waals surface area contributed by atoms with Crippen molar-refractivity contribution in [3.05, 3.63) is 11.3 Å². The molecule has 2 amide bonds. The Morgan fingerprint density at radius 1 is 1.42 bits per heavy atom. The van der Waals surface area contributed by atoms with Crippen LogP contribution in [0.25, 0.3) is 0 Å². The second-order valence-electron chi connectivity index (χ2n) is 4.84. The van der Waals surface area contributed by atoms with Crippen LogP contribution in [0.15, 0.2) is 0 Å². The summed E-state index contributed by atoms with van der Waals surface area (Å²) in [6.07, 6.45) is 2.06. The van der Waals surface area contributed by atoms with Crippen molar-refractivity contribution < 1.29 is 9.59 Å². The Morgan fingerprint density at radius 2 is 2.05 bits per heavy atom. The fraction of sp³-hybridized carbons (Fsp3) is 0.583. The molecule has 2 rings (SSSR count). The minimum Gasteiger partial charge on any atom is -0.382 e. The smallest absolute Gasteiger partial charge is 0.257 e. The molecule has 0 bridgehead atoms. The zero-order valence-corrected chi connectivity index (χ0v) is 11.2. The van der Waals surface area contributed by atoms with Gasteiger partial charge in [-0.05, 0) is 26.7 Å². The van der Waals surface area contributed by atoms with Crippen molar-refractivity contribution in [3.63, 3.8) is 0 Å². The highest BCUT2D eigenvalue weighted by molar-refractivity contribution is 6.01. The van der Waals surface area contributed by atoms with Crippen LogP contribution in [0.5, 0.6) is 0 Å². The number of amides is 2. The van der Waals surface area contributed by atoms with Crippen molar-refractivity contribution in [3.8, 4) is 0 Å². The number of H-pyrrole nitrogens is 1. The predicted molar refractivity (Wildman–Crippen MR) is 70.5 cm³/mol. The van der Waals surface area contributed by atoms with Gasteiger partial charge in [0.05, 0.1) is 0 Å². The number of aromatic amines is 1. The molecule has 1 aliphatic rings. The van der Waals surface area contributed by atoms with Gasteiger partial charge in [-0.15, -0.1) is 0 Å². The van der Waals surface area contributed by atoms with Crippen molar-refractivity contribution in [1.82, 2.24) is 20.4 Å². The molecule has 0 aliphatic carbocycles. The van der Waals surface area contributed by atoms with Crippen molar-refractivity contribution in [2.45, 2.75) is 32.7 Å². The number of nitrogen functional groups attached to an aromatic ring is 1. The van der Waals surface area contributed by atoms with Crippen LogP contribution in [0.4, 0.5) is 5.82 Å². The van der Waals surface area contributed by atoms with Crippen LogP contribution in [-0.2, 0) is 4.79 Å². The van der Waals surface area contributed by atoms with E-state index < -0.39 is 6.04 Å². The number of rotatable bonds is 3. The van der Waals surface area contributed by atoms with Crippen molar-refractivity contribution in [1.29, 1.82) is 0 Å². The molecule has 0 radical (unpaired) electrons. The molecule has 1 saturated heterocycles. The highest BCUT2D eigenvalue weighted by atomic mass is 16.2. The number of nitrogens with zero attached hydrogens (tertiary/aromatic N) is 2. The maximum Gasteiger partial charge on any atom is 0.257 e. The summed E-state index contributed by atoms with van der Waals surface area (Å²) in [7, 11) is 0. The molecule has 0 spiro atoms. The SMILES string of the molecule is Cc1[nH]nc(N)c1C(=O)NC(C)C(=O)N1CCCC1. The number of aromatic nitrogens is 2. The molecule has 19 heavy (non-hydrogen) atoms. The van der Waals surface area contributed by atoms with E-state index in [2.05, 4.69) is 15.5 Å². The topological polar surface area (TPSA) is 104 Å². The molecule has 1 atom stereocenters. The summed E-state index contributed by atoms with van der Waals surface area (Å²) in [4.78, 5) is 25.9. The molecule has 2 heterocycles. The third-order valence-electron chi connectivity index (χ3n) is 3.34. The summed E-state index contributed by atoms with van der Waals surface area (Å²) >= 11 is 0. The molecule has 1 fully saturated rings. The monoisotopic (exact) mass is 265 g/mol. The number of nitrogens with one attached hydrogen (secondary N) is 2. The van der Waals surface area contributed by atoms with Crippen LogP contribution >= 0.6 is 0 Å². The lowest BCUT2D eigenvalue weighted by Gasteiger charge is -2.21. The van der Waals surface area contributed by atoms with Gasteiger partial charge in [0.1, 0.15) is 11.6 Å². The summed E-state index contributed by atoms with van der Waals surface area (Å²) in [5.74, 6) is -0.273. The Balaban J connectivity index is 2.00. The molecule has 1 aliphatic heterocycles. The first-order chi connectivity index (χ1) is 9.00. The highest BCUT2D eigenvalue weighted by Gasteiger charge is 2.26. The average molecular weight is 265 g/mol. The summed E-state index contributed by atoms with van der Waals surface area (Å²) < 4.78 is 0. The zero-order chi connectivity index (χ0) is 14.0. The van der Waals surface area contributed by atoms with Gasteiger partial charge in [-0.25, -0.2) is 0 Å². The number of carbonyl (C=O) groups is 2. The molecule has 0 saturated carbocycles. The van der Waals surface area contributed by atoms with Gasteiger partial charge in [0.2, 0.25) is 5.91 Å². The predicted octanol–water partition coefficient (Wildman–Crippen LogP) is 0.0410. The fourth-order valence-electron chi connectivity index (χ4n) is 2.28. The lowest BCUT2D eigenvalue weighted by molar-refractivity contribution is -0.131. The summed E-state index contributed by atoms with van der Waals surface area (Å²) in [6, 6.07) is -0.556. The van der Waals surface area contributed by atoms with Crippen LogP contribution in [0, 0.1) is 6.92 Å². The van der Waals surface area contributed by atoms with E-state index in [1.807, 2.05) is 0 Å².